The molecule has 1 aromatic rings. The summed E-state index contributed by atoms with van der Waals surface area (Å²) in [6.07, 6.45) is 5.32. The number of oxime groups is 1. The number of aromatic nitrogens is 2. The van der Waals surface area contributed by atoms with Gasteiger partial charge in [0.2, 0.25) is 0 Å². The maximum atomic E-state index is 5.31. The minimum Gasteiger partial charge on any atom is -0.456 e. The van der Waals surface area contributed by atoms with Gasteiger partial charge >= 0.3 is 0 Å². The Morgan fingerprint density at radius 1 is 1.54 bits per heavy atom. The fourth-order valence-electron chi connectivity index (χ4n) is 0.752. The first kappa shape index (κ1) is 9.98. The van der Waals surface area contributed by atoms with E-state index in [0.717, 1.165) is 5.56 Å². The van der Waals surface area contributed by atoms with Gasteiger partial charge < -0.3 is 4.53 Å². The van der Waals surface area contributed by atoms with E-state index in [1.165, 1.54) is 0 Å². The van der Waals surface area contributed by atoms with E-state index in [0.29, 0.717) is 0 Å². The van der Waals surface area contributed by atoms with E-state index in [-0.39, 0.29) is 0 Å². The standard InChI is InChI=1S/C8H15N3OSi/c1-11-7-8(5-9-11)6-10-12-13(2,3)4/h5-7H,1-4H3. The average Bonchev–Trinajstić information content (AvgIpc) is 2.33. The third kappa shape index (κ3) is 3.89. The second kappa shape index (κ2) is 3.74. The van der Waals surface area contributed by atoms with Crippen LogP contribution in [-0.4, -0.2) is 24.3 Å². The number of rotatable bonds is 3. The minimum absolute atomic E-state index is 0.959. The van der Waals surface area contributed by atoms with Crippen molar-refractivity contribution >= 4 is 14.5 Å². The van der Waals surface area contributed by atoms with Crippen molar-refractivity contribution in [2.45, 2.75) is 19.6 Å². The Hall–Kier alpha value is -1.10. The van der Waals surface area contributed by atoms with Crippen LogP contribution in [-0.2, 0) is 11.6 Å². The van der Waals surface area contributed by atoms with Crippen LogP contribution in [0.4, 0.5) is 0 Å². The van der Waals surface area contributed by atoms with Gasteiger partial charge in [-0.3, -0.25) is 4.68 Å². The molecule has 0 amide bonds. The molecule has 1 heterocycles. The van der Waals surface area contributed by atoms with Crippen LogP contribution in [0.25, 0.3) is 0 Å². The van der Waals surface area contributed by atoms with Crippen molar-refractivity contribution in [3.63, 3.8) is 0 Å². The van der Waals surface area contributed by atoms with Crippen molar-refractivity contribution in [2.24, 2.45) is 12.2 Å². The highest BCUT2D eigenvalue weighted by Gasteiger charge is 2.15. The van der Waals surface area contributed by atoms with Gasteiger partial charge in [0.15, 0.2) is 0 Å². The maximum Gasteiger partial charge on any atom is 0.278 e. The lowest BCUT2D eigenvalue weighted by Crippen LogP contribution is -2.22. The molecule has 1 aromatic heterocycles. The molecule has 0 atom stereocenters. The molecule has 0 radical (unpaired) electrons. The third-order valence-corrected chi connectivity index (χ3v) is 1.91. The smallest absolute Gasteiger partial charge is 0.278 e. The molecule has 0 aliphatic carbocycles. The zero-order chi connectivity index (χ0) is 9.90. The second-order valence-electron chi connectivity index (χ2n) is 3.89. The fraction of sp³-hybridized carbons (Fsp3) is 0.500. The molecule has 13 heavy (non-hydrogen) atoms. The zero-order valence-corrected chi connectivity index (χ0v) is 9.48. The first-order valence-electron chi connectivity index (χ1n) is 4.17. The molecule has 0 spiro atoms. The van der Waals surface area contributed by atoms with Crippen LogP contribution in [0.15, 0.2) is 17.5 Å². The molecule has 5 heteroatoms. The second-order valence-corrected chi connectivity index (χ2v) is 8.29. The van der Waals surface area contributed by atoms with Crippen molar-refractivity contribution in [3.8, 4) is 0 Å². The van der Waals surface area contributed by atoms with Gasteiger partial charge in [-0.15, -0.1) is 5.16 Å². The van der Waals surface area contributed by atoms with E-state index < -0.39 is 8.32 Å². The highest BCUT2D eigenvalue weighted by molar-refractivity contribution is 6.69. The maximum absolute atomic E-state index is 5.31. The summed E-state index contributed by atoms with van der Waals surface area (Å²) >= 11 is 0. The molecule has 0 bridgehead atoms. The van der Waals surface area contributed by atoms with E-state index in [1.54, 1.807) is 17.1 Å². The Kier molecular flexibility index (Phi) is 2.87. The summed E-state index contributed by atoms with van der Waals surface area (Å²) in [5.41, 5.74) is 0.959. The molecule has 0 unspecified atom stereocenters. The summed E-state index contributed by atoms with van der Waals surface area (Å²) in [6, 6.07) is 0. The van der Waals surface area contributed by atoms with E-state index in [1.807, 2.05) is 13.2 Å². The molecule has 0 aliphatic heterocycles. The molecule has 1 rings (SSSR count). The molecule has 0 fully saturated rings. The lowest BCUT2D eigenvalue weighted by molar-refractivity contribution is 0.338. The highest BCUT2D eigenvalue weighted by atomic mass is 28.4. The summed E-state index contributed by atoms with van der Waals surface area (Å²) in [5, 5.41) is 7.92. The molecule has 0 N–H and O–H groups in total. The van der Waals surface area contributed by atoms with Gasteiger partial charge in [-0.1, -0.05) is 0 Å². The van der Waals surface area contributed by atoms with Crippen LogP contribution < -0.4 is 0 Å². The summed E-state index contributed by atoms with van der Waals surface area (Å²) in [7, 11) is 0.342. The van der Waals surface area contributed by atoms with Crippen molar-refractivity contribution < 1.29 is 4.53 Å². The van der Waals surface area contributed by atoms with E-state index in [4.69, 9.17) is 4.53 Å². The fourth-order valence-corrected chi connectivity index (χ4v) is 1.12. The van der Waals surface area contributed by atoms with Gasteiger partial charge in [-0.2, -0.15) is 5.10 Å². The van der Waals surface area contributed by atoms with Crippen molar-refractivity contribution in [2.75, 3.05) is 0 Å². The summed E-state index contributed by atoms with van der Waals surface area (Å²) in [4.78, 5) is 0. The Bertz CT molecular complexity index is 301. The normalized spacial score (nSPS) is 12.3. The molecular weight excluding hydrogens is 182 g/mol. The zero-order valence-electron chi connectivity index (χ0n) is 8.48. The van der Waals surface area contributed by atoms with Crippen LogP contribution in [0.1, 0.15) is 5.56 Å². The third-order valence-electron chi connectivity index (χ3n) is 1.25. The number of hydrogen-bond acceptors (Lipinski definition) is 3. The predicted molar refractivity (Wildman–Crippen MR) is 55.2 cm³/mol. The van der Waals surface area contributed by atoms with Crippen LogP contribution in [0.2, 0.25) is 19.6 Å². The van der Waals surface area contributed by atoms with E-state index in [2.05, 4.69) is 29.9 Å². The summed E-state index contributed by atoms with van der Waals surface area (Å²) < 4.78 is 7.05. The van der Waals surface area contributed by atoms with Gasteiger partial charge in [0.1, 0.15) is 0 Å². The number of nitrogens with zero attached hydrogens (tertiary/aromatic N) is 3. The molecule has 0 saturated heterocycles. The Morgan fingerprint density at radius 3 is 2.69 bits per heavy atom. The lowest BCUT2D eigenvalue weighted by atomic mass is 10.4. The van der Waals surface area contributed by atoms with E-state index in [9.17, 15) is 0 Å². The van der Waals surface area contributed by atoms with Crippen LogP contribution >= 0.6 is 0 Å². The van der Waals surface area contributed by atoms with E-state index >= 15 is 0 Å². The summed E-state index contributed by atoms with van der Waals surface area (Å²) in [5.74, 6) is 0. The SMILES string of the molecule is Cn1cc(C=NO[Si](C)(C)C)cn1. The Balaban J connectivity index is 2.50. The average molecular weight is 197 g/mol. The Morgan fingerprint density at radius 2 is 2.23 bits per heavy atom. The number of hydrogen-bond donors (Lipinski definition) is 0. The van der Waals surface area contributed by atoms with Crippen LogP contribution in [0, 0.1) is 0 Å². The van der Waals surface area contributed by atoms with Crippen molar-refractivity contribution in [1.29, 1.82) is 0 Å². The highest BCUT2D eigenvalue weighted by Crippen LogP contribution is 2.02. The molecule has 0 saturated carbocycles. The van der Waals surface area contributed by atoms with Crippen molar-refractivity contribution in [3.05, 3.63) is 18.0 Å². The van der Waals surface area contributed by atoms with Gasteiger partial charge in [-0.25, -0.2) is 0 Å². The number of aryl methyl sites for hydroxylation is 1. The van der Waals surface area contributed by atoms with Gasteiger partial charge in [-0.05, 0) is 19.6 Å². The molecule has 72 valence electrons. The molecule has 0 aliphatic rings. The minimum atomic E-state index is -1.53. The van der Waals surface area contributed by atoms with Gasteiger partial charge in [0, 0.05) is 18.8 Å². The Labute approximate surface area is 79.3 Å². The topological polar surface area (TPSA) is 39.4 Å². The van der Waals surface area contributed by atoms with Crippen LogP contribution in [0.3, 0.4) is 0 Å². The monoisotopic (exact) mass is 197 g/mol. The molecular formula is C8H15N3OSi. The quantitative estimate of drug-likeness (QED) is 0.419. The lowest BCUT2D eigenvalue weighted by Gasteiger charge is -2.11. The molecule has 4 nitrogen and oxygen atoms in total. The van der Waals surface area contributed by atoms with Crippen molar-refractivity contribution in [1.82, 2.24) is 9.78 Å². The summed E-state index contributed by atoms with van der Waals surface area (Å²) in [6.45, 7) is 6.27. The molecule has 0 aromatic carbocycles. The first-order chi connectivity index (χ1) is 5.97. The van der Waals surface area contributed by atoms with Gasteiger partial charge in [0.25, 0.3) is 8.32 Å². The van der Waals surface area contributed by atoms with Crippen LogP contribution in [0.5, 0.6) is 0 Å². The first-order valence-corrected chi connectivity index (χ1v) is 7.58. The van der Waals surface area contributed by atoms with Gasteiger partial charge in [0.05, 0.1) is 12.4 Å². The largest absolute Gasteiger partial charge is 0.456 e. The predicted octanol–water partition coefficient (Wildman–Crippen LogP) is 1.61.